The van der Waals surface area contributed by atoms with Crippen molar-refractivity contribution in [2.45, 2.75) is 25.1 Å². The summed E-state index contributed by atoms with van der Waals surface area (Å²) in [5.41, 5.74) is 1.50. The number of carbonyl (C=O) groups excluding carboxylic acids is 1. The smallest absolute Gasteiger partial charge is 0.418 e. The number of piperidine rings is 1. The lowest BCUT2D eigenvalue weighted by molar-refractivity contribution is -0.137. The van der Waals surface area contributed by atoms with Crippen LogP contribution in [0.3, 0.4) is 0 Å². The van der Waals surface area contributed by atoms with Gasteiger partial charge in [-0.05, 0) is 31.0 Å². The van der Waals surface area contributed by atoms with Crippen molar-refractivity contribution in [3.05, 3.63) is 29.3 Å². The molecule has 1 aromatic carbocycles. The number of hydrogen-bond acceptors (Lipinski definition) is 5. The van der Waals surface area contributed by atoms with Gasteiger partial charge < -0.3 is 14.7 Å². The molecule has 0 saturated carbocycles. The van der Waals surface area contributed by atoms with Crippen LogP contribution >= 0.6 is 0 Å². The lowest BCUT2D eigenvalue weighted by Gasteiger charge is -2.33. The highest BCUT2D eigenvalue weighted by atomic mass is 19.4. The third-order valence-electron chi connectivity index (χ3n) is 3.91. The highest BCUT2D eigenvalue weighted by Crippen LogP contribution is 2.38. The average molecular weight is 343 g/mol. The van der Waals surface area contributed by atoms with Crippen molar-refractivity contribution >= 4 is 17.5 Å². The number of halogens is 3. The van der Waals surface area contributed by atoms with Gasteiger partial charge in [-0.1, -0.05) is 0 Å². The molecular weight excluding hydrogens is 327 g/mol. The van der Waals surface area contributed by atoms with Crippen LogP contribution < -0.4 is 10.3 Å². The second-order valence-electron chi connectivity index (χ2n) is 5.71. The van der Waals surface area contributed by atoms with Gasteiger partial charge in [0.25, 0.3) is 5.91 Å². The molecule has 2 aliphatic rings. The number of aliphatic hydroxyl groups is 1. The third-order valence-corrected chi connectivity index (χ3v) is 3.91. The zero-order valence-corrected chi connectivity index (χ0v) is 12.6. The third kappa shape index (κ3) is 3.45. The monoisotopic (exact) mass is 343 g/mol. The van der Waals surface area contributed by atoms with Crippen molar-refractivity contribution in [1.29, 1.82) is 0 Å². The molecule has 2 heterocycles. The molecule has 1 amide bonds. The summed E-state index contributed by atoms with van der Waals surface area (Å²) in [6, 6.07) is 3.76. The van der Waals surface area contributed by atoms with Crippen LogP contribution in [0.5, 0.6) is 0 Å². The Kier molecular flexibility index (Phi) is 4.35. The summed E-state index contributed by atoms with van der Waals surface area (Å²) in [6.45, 7) is 0.323. The van der Waals surface area contributed by atoms with Crippen LogP contribution in [0.15, 0.2) is 23.3 Å². The summed E-state index contributed by atoms with van der Waals surface area (Å²) in [4.78, 5) is 12.5. The standard InChI is InChI=1S/C15H16F3N3O3/c16-15(17,18)11-6-9(14-20-19-13(23)8-24-14)3-4-12(11)21-5-1-2-10(22)7-21/h3-4,6,10,22H,1-2,5,7-8H2,(H,19,23)/t10-/m0/s1. The lowest BCUT2D eigenvalue weighted by atomic mass is 10.0. The summed E-state index contributed by atoms with van der Waals surface area (Å²) in [5.74, 6) is -0.529. The van der Waals surface area contributed by atoms with Crippen LogP contribution in [0.1, 0.15) is 24.0 Å². The number of benzene rings is 1. The Morgan fingerprint density at radius 1 is 1.38 bits per heavy atom. The van der Waals surface area contributed by atoms with Gasteiger partial charge in [0, 0.05) is 24.3 Å². The number of rotatable bonds is 2. The van der Waals surface area contributed by atoms with Crippen LogP contribution in [0, 0.1) is 0 Å². The Morgan fingerprint density at radius 2 is 2.17 bits per heavy atom. The number of hydrogen-bond donors (Lipinski definition) is 2. The van der Waals surface area contributed by atoms with Gasteiger partial charge in [0.1, 0.15) is 0 Å². The van der Waals surface area contributed by atoms with Gasteiger partial charge >= 0.3 is 6.18 Å². The minimum Gasteiger partial charge on any atom is -0.466 e. The first-order valence-corrected chi connectivity index (χ1v) is 7.48. The van der Waals surface area contributed by atoms with Crippen molar-refractivity contribution in [2.75, 3.05) is 24.6 Å². The van der Waals surface area contributed by atoms with Crippen LogP contribution in [0.2, 0.25) is 0 Å². The molecule has 130 valence electrons. The van der Waals surface area contributed by atoms with Crippen molar-refractivity contribution < 1.29 is 27.8 Å². The van der Waals surface area contributed by atoms with Gasteiger partial charge in [-0.15, -0.1) is 5.10 Å². The number of ether oxygens (including phenoxy) is 1. The Bertz CT molecular complexity index is 676. The van der Waals surface area contributed by atoms with Crippen molar-refractivity contribution in [3.63, 3.8) is 0 Å². The first-order chi connectivity index (χ1) is 11.3. The van der Waals surface area contributed by atoms with E-state index in [-0.39, 0.29) is 30.3 Å². The predicted molar refractivity (Wildman–Crippen MR) is 79.5 cm³/mol. The minimum absolute atomic E-state index is 0.0189. The fourth-order valence-corrected chi connectivity index (χ4v) is 2.80. The fourth-order valence-electron chi connectivity index (χ4n) is 2.80. The molecule has 9 heteroatoms. The predicted octanol–water partition coefficient (Wildman–Crippen LogP) is 1.47. The van der Waals surface area contributed by atoms with E-state index in [9.17, 15) is 23.1 Å². The molecule has 1 atom stereocenters. The Hall–Kier alpha value is -2.29. The largest absolute Gasteiger partial charge is 0.466 e. The highest BCUT2D eigenvalue weighted by molar-refractivity contribution is 5.98. The van der Waals surface area contributed by atoms with Gasteiger partial charge in [-0.3, -0.25) is 4.79 Å². The topological polar surface area (TPSA) is 74.2 Å². The minimum atomic E-state index is -4.56. The van der Waals surface area contributed by atoms with Crippen molar-refractivity contribution in [3.8, 4) is 0 Å². The number of hydrazone groups is 1. The molecule has 2 aliphatic heterocycles. The molecule has 0 aromatic heterocycles. The number of carbonyl (C=O) groups is 1. The molecule has 6 nitrogen and oxygen atoms in total. The molecule has 0 unspecified atom stereocenters. The van der Waals surface area contributed by atoms with Crippen LogP contribution in [0.4, 0.5) is 18.9 Å². The maximum atomic E-state index is 13.5. The molecule has 0 radical (unpaired) electrons. The summed E-state index contributed by atoms with van der Waals surface area (Å²) in [5, 5.41) is 13.3. The Balaban J connectivity index is 1.97. The molecule has 0 bridgehead atoms. The van der Waals surface area contributed by atoms with Crippen LogP contribution in [0.25, 0.3) is 0 Å². The number of nitrogens with zero attached hydrogens (tertiary/aromatic N) is 2. The van der Waals surface area contributed by atoms with E-state index >= 15 is 0 Å². The molecule has 0 spiro atoms. The number of anilines is 1. The summed E-state index contributed by atoms with van der Waals surface area (Å²) >= 11 is 0. The summed E-state index contributed by atoms with van der Waals surface area (Å²) in [7, 11) is 0. The summed E-state index contributed by atoms with van der Waals surface area (Å²) < 4.78 is 45.5. The quantitative estimate of drug-likeness (QED) is 0.853. The van der Waals surface area contributed by atoms with Gasteiger partial charge in [0.05, 0.1) is 11.7 Å². The molecule has 0 aliphatic carbocycles. The van der Waals surface area contributed by atoms with E-state index < -0.39 is 23.8 Å². The van der Waals surface area contributed by atoms with E-state index in [0.29, 0.717) is 19.4 Å². The van der Waals surface area contributed by atoms with Gasteiger partial charge in [0.15, 0.2) is 6.61 Å². The molecule has 1 fully saturated rings. The maximum absolute atomic E-state index is 13.5. The van der Waals surface area contributed by atoms with Crippen LogP contribution in [-0.4, -0.2) is 42.7 Å². The number of β-amino-alcohol motifs (C(OH)–C–C–N with tert-alkyl or cyclic N) is 1. The molecule has 24 heavy (non-hydrogen) atoms. The second-order valence-corrected chi connectivity index (χ2v) is 5.71. The van der Waals surface area contributed by atoms with E-state index in [1.165, 1.54) is 17.0 Å². The van der Waals surface area contributed by atoms with E-state index in [0.717, 1.165) is 6.07 Å². The zero-order chi connectivity index (χ0) is 17.3. The highest BCUT2D eigenvalue weighted by Gasteiger charge is 2.36. The van der Waals surface area contributed by atoms with Gasteiger partial charge in [0.2, 0.25) is 5.90 Å². The number of aliphatic hydroxyl groups excluding tert-OH is 1. The van der Waals surface area contributed by atoms with Gasteiger partial charge in [-0.2, -0.15) is 13.2 Å². The molecule has 1 saturated heterocycles. The molecule has 1 aromatic rings. The van der Waals surface area contributed by atoms with E-state index in [1.54, 1.807) is 0 Å². The van der Waals surface area contributed by atoms with E-state index in [1.807, 2.05) is 0 Å². The van der Waals surface area contributed by atoms with Crippen molar-refractivity contribution in [1.82, 2.24) is 5.43 Å². The summed E-state index contributed by atoms with van der Waals surface area (Å²) in [6.07, 6.45) is -3.99. The molecule has 2 N–H and O–H groups in total. The normalized spacial score (nSPS) is 21.8. The lowest BCUT2D eigenvalue weighted by Crippen LogP contribution is -2.39. The maximum Gasteiger partial charge on any atom is 0.418 e. The Morgan fingerprint density at radius 3 is 2.79 bits per heavy atom. The second kappa shape index (κ2) is 6.31. The Labute approximate surface area is 135 Å². The average Bonchev–Trinajstić information content (AvgIpc) is 2.54. The fraction of sp³-hybridized carbons (Fsp3) is 0.467. The molecule has 3 rings (SSSR count). The zero-order valence-electron chi connectivity index (χ0n) is 12.6. The first-order valence-electron chi connectivity index (χ1n) is 7.48. The molecular formula is C15H16F3N3O3. The number of amides is 1. The number of alkyl halides is 3. The van der Waals surface area contributed by atoms with Crippen molar-refractivity contribution in [2.24, 2.45) is 5.10 Å². The van der Waals surface area contributed by atoms with E-state index in [4.69, 9.17) is 4.74 Å². The van der Waals surface area contributed by atoms with Gasteiger partial charge in [-0.25, -0.2) is 5.43 Å². The van der Waals surface area contributed by atoms with E-state index in [2.05, 4.69) is 10.5 Å². The SMILES string of the molecule is O=C1COC(c2ccc(N3CCC[C@H](O)C3)c(C(F)(F)F)c2)=NN1. The number of nitrogens with one attached hydrogen (secondary N) is 1. The first kappa shape index (κ1) is 16.6. The van der Waals surface area contributed by atoms with Crippen LogP contribution in [-0.2, 0) is 15.7 Å².